The zero-order chi connectivity index (χ0) is 16.9. The van der Waals surface area contributed by atoms with Gasteiger partial charge in [-0.15, -0.1) is 24.2 Å². The molecule has 1 aromatic rings. The fraction of sp³-hybridized carbons (Fsp3) is 0.529. The van der Waals surface area contributed by atoms with Crippen LogP contribution in [0.3, 0.4) is 0 Å². The molecule has 2 aliphatic heterocycles. The lowest BCUT2D eigenvalue weighted by Gasteiger charge is -2.26. The van der Waals surface area contributed by atoms with Crippen LogP contribution in [-0.4, -0.2) is 54.0 Å². The smallest absolute Gasteiger partial charge is 0.255 e. The summed E-state index contributed by atoms with van der Waals surface area (Å²) in [5, 5.41) is 6.98. The predicted octanol–water partition coefficient (Wildman–Crippen LogP) is 2.39. The standard InChI is InChI=1S/C17H22ClN3O2S.ClH/c18-14-5-3-13(4-6-14)17(23)21-11-24-10-15(21)16(22)20-9-12-2-1-7-19-8-12;/h3-6,12,15,19H,1-2,7-11H2,(H,20,22);1H. The van der Waals surface area contributed by atoms with Crippen molar-refractivity contribution < 1.29 is 9.59 Å². The van der Waals surface area contributed by atoms with Crippen LogP contribution >= 0.6 is 35.8 Å². The largest absolute Gasteiger partial charge is 0.354 e. The van der Waals surface area contributed by atoms with E-state index < -0.39 is 6.04 Å². The summed E-state index contributed by atoms with van der Waals surface area (Å²) in [7, 11) is 0. The van der Waals surface area contributed by atoms with Crippen molar-refractivity contribution in [2.24, 2.45) is 5.92 Å². The van der Waals surface area contributed by atoms with Gasteiger partial charge in [0.1, 0.15) is 6.04 Å². The Labute approximate surface area is 163 Å². The molecule has 2 aliphatic rings. The quantitative estimate of drug-likeness (QED) is 0.809. The summed E-state index contributed by atoms with van der Waals surface area (Å²) in [5.74, 6) is 1.51. The van der Waals surface area contributed by atoms with Crippen LogP contribution in [0, 0.1) is 5.92 Å². The predicted molar refractivity (Wildman–Crippen MR) is 105 cm³/mol. The Bertz CT molecular complexity index is 594. The summed E-state index contributed by atoms with van der Waals surface area (Å²) in [5.41, 5.74) is 0.566. The summed E-state index contributed by atoms with van der Waals surface area (Å²) in [4.78, 5) is 26.8. The monoisotopic (exact) mass is 403 g/mol. The van der Waals surface area contributed by atoms with E-state index in [4.69, 9.17) is 11.6 Å². The highest BCUT2D eigenvalue weighted by atomic mass is 35.5. The van der Waals surface area contributed by atoms with E-state index in [9.17, 15) is 9.59 Å². The first-order valence-corrected chi connectivity index (χ1v) is 9.81. The molecule has 2 N–H and O–H groups in total. The number of benzene rings is 1. The van der Waals surface area contributed by atoms with E-state index in [1.165, 1.54) is 0 Å². The van der Waals surface area contributed by atoms with E-state index in [-0.39, 0.29) is 24.2 Å². The SMILES string of the molecule is Cl.O=C(NCC1CCCNC1)C1CSCN1C(=O)c1ccc(Cl)cc1. The molecule has 2 saturated heterocycles. The number of hydrogen-bond acceptors (Lipinski definition) is 4. The highest BCUT2D eigenvalue weighted by Crippen LogP contribution is 2.24. The Morgan fingerprint density at radius 1 is 1.32 bits per heavy atom. The highest BCUT2D eigenvalue weighted by molar-refractivity contribution is 7.99. The molecule has 0 aliphatic carbocycles. The van der Waals surface area contributed by atoms with Gasteiger partial charge >= 0.3 is 0 Å². The molecule has 0 aromatic heterocycles. The average Bonchev–Trinajstić information content (AvgIpc) is 3.10. The van der Waals surface area contributed by atoms with Crippen molar-refractivity contribution in [3.63, 3.8) is 0 Å². The minimum atomic E-state index is -0.394. The number of carbonyl (C=O) groups is 2. The van der Waals surface area contributed by atoms with Crippen LogP contribution in [0.4, 0.5) is 0 Å². The maximum atomic E-state index is 12.7. The number of thioether (sulfide) groups is 1. The number of nitrogens with zero attached hydrogens (tertiary/aromatic N) is 1. The van der Waals surface area contributed by atoms with E-state index in [0.29, 0.717) is 34.7 Å². The van der Waals surface area contributed by atoms with E-state index >= 15 is 0 Å². The second-order valence-electron chi connectivity index (χ2n) is 6.26. The van der Waals surface area contributed by atoms with Gasteiger partial charge in [-0.3, -0.25) is 9.59 Å². The molecule has 2 amide bonds. The van der Waals surface area contributed by atoms with Gasteiger partial charge in [0.15, 0.2) is 0 Å². The molecule has 0 spiro atoms. The van der Waals surface area contributed by atoms with Crippen molar-refractivity contribution >= 4 is 47.6 Å². The second kappa shape index (κ2) is 9.67. The van der Waals surface area contributed by atoms with Crippen LogP contribution in [-0.2, 0) is 4.79 Å². The Hall–Kier alpha value is -0.950. The molecule has 3 rings (SSSR count). The lowest BCUT2D eigenvalue weighted by Crippen LogP contribution is -2.49. The van der Waals surface area contributed by atoms with Crippen molar-refractivity contribution in [1.82, 2.24) is 15.5 Å². The van der Waals surface area contributed by atoms with Gasteiger partial charge in [-0.2, -0.15) is 0 Å². The van der Waals surface area contributed by atoms with Crippen LogP contribution in [0.15, 0.2) is 24.3 Å². The van der Waals surface area contributed by atoms with Gasteiger partial charge < -0.3 is 15.5 Å². The van der Waals surface area contributed by atoms with Crippen LogP contribution < -0.4 is 10.6 Å². The molecular formula is C17H23Cl2N3O2S. The van der Waals surface area contributed by atoms with Crippen LogP contribution in [0.25, 0.3) is 0 Å². The maximum absolute atomic E-state index is 12.7. The third-order valence-electron chi connectivity index (χ3n) is 4.50. The Morgan fingerprint density at radius 2 is 2.08 bits per heavy atom. The van der Waals surface area contributed by atoms with Crippen molar-refractivity contribution in [2.75, 3.05) is 31.3 Å². The van der Waals surface area contributed by atoms with E-state index in [2.05, 4.69) is 10.6 Å². The molecule has 138 valence electrons. The van der Waals surface area contributed by atoms with Gasteiger partial charge in [-0.05, 0) is 56.1 Å². The summed E-state index contributed by atoms with van der Waals surface area (Å²) in [6, 6.07) is 6.41. The van der Waals surface area contributed by atoms with Crippen LogP contribution in [0.1, 0.15) is 23.2 Å². The van der Waals surface area contributed by atoms with Crippen molar-refractivity contribution in [1.29, 1.82) is 0 Å². The fourth-order valence-corrected chi connectivity index (χ4v) is 4.36. The zero-order valence-electron chi connectivity index (χ0n) is 13.9. The zero-order valence-corrected chi connectivity index (χ0v) is 16.3. The number of piperidine rings is 1. The molecule has 1 aromatic carbocycles. The molecule has 2 atom stereocenters. The number of halogens is 2. The van der Waals surface area contributed by atoms with Gasteiger partial charge in [0.05, 0.1) is 5.88 Å². The van der Waals surface area contributed by atoms with Crippen molar-refractivity contribution in [3.8, 4) is 0 Å². The lowest BCUT2D eigenvalue weighted by molar-refractivity contribution is -0.124. The molecule has 5 nitrogen and oxygen atoms in total. The topological polar surface area (TPSA) is 61.4 Å². The summed E-state index contributed by atoms with van der Waals surface area (Å²) in [6.45, 7) is 2.69. The Morgan fingerprint density at radius 3 is 2.76 bits per heavy atom. The van der Waals surface area contributed by atoms with Crippen molar-refractivity contribution in [3.05, 3.63) is 34.9 Å². The number of nitrogens with one attached hydrogen (secondary N) is 2. The first-order valence-electron chi connectivity index (χ1n) is 8.28. The number of hydrogen-bond donors (Lipinski definition) is 2. The maximum Gasteiger partial charge on any atom is 0.255 e. The molecule has 0 saturated carbocycles. The minimum Gasteiger partial charge on any atom is -0.354 e. The third-order valence-corrected chi connectivity index (χ3v) is 5.77. The van der Waals surface area contributed by atoms with Gasteiger partial charge in [0.2, 0.25) is 5.91 Å². The van der Waals surface area contributed by atoms with Crippen molar-refractivity contribution in [2.45, 2.75) is 18.9 Å². The van der Waals surface area contributed by atoms with Gasteiger partial charge in [-0.1, -0.05) is 11.6 Å². The van der Waals surface area contributed by atoms with Gasteiger partial charge in [0.25, 0.3) is 5.91 Å². The molecule has 2 fully saturated rings. The van der Waals surface area contributed by atoms with E-state index in [1.807, 2.05) is 0 Å². The minimum absolute atomic E-state index is 0. The summed E-state index contributed by atoms with van der Waals surface area (Å²) >= 11 is 7.48. The van der Waals surface area contributed by atoms with Crippen LogP contribution in [0.2, 0.25) is 5.02 Å². The Kier molecular flexibility index (Phi) is 7.87. The van der Waals surface area contributed by atoms with E-state index in [1.54, 1.807) is 40.9 Å². The van der Waals surface area contributed by atoms with Crippen LogP contribution in [0.5, 0.6) is 0 Å². The summed E-state index contributed by atoms with van der Waals surface area (Å²) < 4.78 is 0. The normalized spacial score (nSPS) is 23.0. The number of rotatable bonds is 4. The van der Waals surface area contributed by atoms with Gasteiger partial charge in [0, 0.05) is 22.9 Å². The first kappa shape index (κ1) is 20.4. The molecule has 8 heteroatoms. The molecular weight excluding hydrogens is 381 g/mol. The molecule has 25 heavy (non-hydrogen) atoms. The first-order chi connectivity index (χ1) is 11.6. The number of amides is 2. The number of carbonyl (C=O) groups excluding carboxylic acids is 2. The molecule has 0 bridgehead atoms. The third kappa shape index (κ3) is 5.26. The molecule has 2 unspecified atom stereocenters. The highest BCUT2D eigenvalue weighted by Gasteiger charge is 2.35. The summed E-state index contributed by atoms with van der Waals surface area (Å²) in [6.07, 6.45) is 2.29. The lowest BCUT2D eigenvalue weighted by atomic mass is 10.00. The average molecular weight is 404 g/mol. The molecule has 2 heterocycles. The Balaban J connectivity index is 0.00000225. The van der Waals surface area contributed by atoms with E-state index in [0.717, 1.165) is 25.9 Å². The fourth-order valence-electron chi connectivity index (χ4n) is 3.08. The second-order valence-corrected chi connectivity index (χ2v) is 7.69. The molecule has 0 radical (unpaired) electrons. The van der Waals surface area contributed by atoms with Gasteiger partial charge in [-0.25, -0.2) is 0 Å².